The van der Waals surface area contributed by atoms with E-state index < -0.39 is 0 Å². The van der Waals surface area contributed by atoms with E-state index >= 15 is 0 Å². The van der Waals surface area contributed by atoms with Crippen LogP contribution in [0, 0.1) is 5.82 Å². The maximum atomic E-state index is 12.9. The Balaban J connectivity index is 2.58. The van der Waals surface area contributed by atoms with Crippen molar-refractivity contribution in [3.63, 3.8) is 0 Å². The Morgan fingerprint density at radius 2 is 2.07 bits per heavy atom. The molecule has 0 aliphatic heterocycles. The molecule has 0 radical (unpaired) electrons. The molecule has 1 atom stereocenters. The number of halogens is 1. The number of benzene rings is 1. The smallest absolute Gasteiger partial charge is 0.123 e. The lowest BCUT2D eigenvalue weighted by molar-refractivity contribution is 0.433. The van der Waals surface area contributed by atoms with E-state index in [0.29, 0.717) is 0 Å². The molecule has 0 aromatic heterocycles. The summed E-state index contributed by atoms with van der Waals surface area (Å²) in [5, 5.41) is 0. The third kappa shape index (κ3) is 4.40. The minimum atomic E-state index is -0.241. The van der Waals surface area contributed by atoms with Gasteiger partial charge in [-0.1, -0.05) is 12.1 Å². The van der Waals surface area contributed by atoms with Gasteiger partial charge in [-0.05, 0) is 44.4 Å². The maximum absolute atomic E-state index is 12.9. The fourth-order valence-electron chi connectivity index (χ4n) is 1.43. The Labute approximate surface area is 90.5 Å². The van der Waals surface area contributed by atoms with E-state index in [9.17, 15) is 4.39 Å². The van der Waals surface area contributed by atoms with Gasteiger partial charge in [-0.3, -0.25) is 0 Å². The highest BCUT2D eigenvalue weighted by Gasteiger charge is 2.14. The van der Waals surface area contributed by atoms with Crippen LogP contribution in [0.2, 0.25) is 0 Å². The van der Waals surface area contributed by atoms with Crippen LogP contribution in [0.3, 0.4) is 0 Å². The second kappa shape index (κ2) is 4.73. The molecule has 0 spiro atoms. The van der Waals surface area contributed by atoms with Crippen molar-refractivity contribution in [2.75, 3.05) is 0 Å². The van der Waals surface area contributed by atoms with Crippen LogP contribution in [-0.2, 0) is 0 Å². The third-order valence-corrected chi connectivity index (χ3v) is 2.38. The van der Waals surface area contributed by atoms with Crippen LogP contribution >= 0.6 is 0 Å². The molecule has 0 amide bonds. The van der Waals surface area contributed by atoms with Gasteiger partial charge in [-0.2, -0.15) is 0 Å². The molecule has 0 bridgehead atoms. The molecule has 3 heteroatoms. The minimum absolute atomic E-state index is 0.136. The summed E-state index contributed by atoms with van der Waals surface area (Å²) in [6.45, 7) is 3.93. The van der Waals surface area contributed by atoms with Crippen molar-refractivity contribution in [2.24, 2.45) is 11.5 Å². The Morgan fingerprint density at radius 3 is 2.60 bits per heavy atom. The molecular weight excluding hydrogens is 191 g/mol. The molecule has 1 rings (SSSR count). The van der Waals surface area contributed by atoms with Gasteiger partial charge in [-0.25, -0.2) is 4.39 Å². The lowest BCUT2D eigenvalue weighted by atomic mass is 9.94. The van der Waals surface area contributed by atoms with Gasteiger partial charge >= 0.3 is 0 Å². The average molecular weight is 210 g/mol. The predicted octanol–water partition coefficient (Wildman–Crippen LogP) is 2.34. The first kappa shape index (κ1) is 12.1. The van der Waals surface area contributed by atoms with Crippen LogP contribution in [0.15, 0.2) is 24.3 Å². The summed E-state index contributed by atoms with van der Waals surface area (Å²) in [6.07, 6.45) is 1.59. The standard InChI is InChI=1S/C12H19FN2/c1-12(2,15)7-6-11(14)9-4-3-5-10(13)8-9/h3-5,8,11H,6-7,14-15H2,1-2H3. The number of nitrogens with two attached hydrogens (primary N) is 2. The molecule has 15 heavy (non-hydrogen) atoms. The van der Waals surface area contributed by atoms with Crippen molar-refractivity contribution in [2.45, 2.75) is 38.3 Å². The summed E-state index contributed by atoms with van der Waals surface area (Å²) in [5.74, 6) is -0.241. The quantitative estimate of drug-likeness (QED) is 0.801. The first-order chi connectivity index (χ1) is 6.88. The van der Waals surface area contributed by atoms with Crippen molar-refractivity contribution >= 4 is 0 Å². The van der Waals surface area contributed by atoms with Crippen LogP contribution in [-0.4, -0.2) is 5.54 Å². The SMILES string of the molecule is CC(C)(N)CCC(N)c1cccc(F)c1. The molecule has 4 N–H and O–H groups in total. The Kier molecular flexibility index (Phi) is 3.83. The van der Waals surface area contributed by atoms with Gasteiger partial charge in [0.25, 0.3) is 0 Å². The van der Waals surface area contributed by atoms with Gasteiger partial charge in [0.2, 0.25) is 0 Å². The lowest BCUT2D eigenvalue weighted by Crippen LogP contribution is -2.32. The van der Waals surface area contributed by atoms with E-state index in [0.717, 1.165) is 18.4 Å². The van der Waals surface area contributed by atoms with E-state index in [2.05, 4.69) is 0 Å². The van der Waals surface area contributed by atoms with Gasteiger partial charge in [0, 0.05) is 11.6 Å². The van der Waals surface area contributed by atoms with Crippen molar-refractivity contribution in [3.8, 4) is 0 Å². The first-order valence-electron chi connectivity index (χ1n) is 5.18. The monoisotopic (exact) mass is 210 g/mol. The van der Waals surface area contributed by atoms with E-state index in [1.54, 1.807) is 6.07 Å². The summed E-state index contributed by atoms with van der Waals surface area (Å²) in [5.41, 5.74) is 12.4. The van der Waals surface area contributed by atoms with Crippen LogP contribution in [0.5, 0.6) is 0 Å². The summed E-state index contributed by atoms with van der Waals surface area (Å²) < 4.78 is 12.9. The zero-order valence-corrected chi connectivity index (χ0v) is 9.33. The normalized spacial score (nSPS) is 13.9. The zero-order chi connectivity index (χ0) is 11.5. The van der Waals surface area contributed by atoms with E-state index in [4.69, 9.17) is 11.5 Å². The Morgan fingerprint density at radius 1 is 1.40 bits per heavy atom. The molecule has 1 unspecified atom stereocenters. The number of hydrogen-bond acceptors (Lipinski definition) is 2. The van der Waals surface area contributed by atoms with Gasteiger partial charge in [-0.15, -0.1) is 0 Å². The highest BCUT2D eigenvalue weighted by Crippen LogP contribution is 2.19. The van der Waals surface area contributed by atoms with Crippen LogP contribution < -0.4 is 11.5 Å². The van der Waals surface area contributed by atoms with Gasteiger partial charge in [0.15, 0.2) is 0 Å². The van der Waals surface area contributed by atoms with Crippen LogP contribution in [0.25, 0.3) is 0 Å². The van der Waals surface area contributed by atoms with Crippen LogP contribution in [0.1, 0.15) is 38.3 Å². The first-order valence-corrected chi connectivity index (χ1v) is 5.18. The molecule has 0 saturated carbocycles. The second-order valence-corrected chi connectivity index (χ2v) is 4.69. The number of hydrogen-bond donors (Lipinski definition) is 2. The van der Waals surface area contributed by atoms with Gasteiger partial charge < -0.3 is 11.5 Å². The van der Waals surface area contributed by atoms with E-state index in [-0.39, 0.29) is 17.4 Å². The molecule has 0 fully saturated rings. The molecule has 0 aliphatic carbocycles. The molecule has 0 aliphatic rings. The molecular formula is C12H19FN2. The molecule has 0 heterocycles. The number of rotatable bonds is 4. The Bertz CT molecular complexity index is 318. The van der Waals surface area contributed by atoms with Gasteiger partial charge in [0.05, 0.1) is 0 Å². The van der Waals surface area contributed by atoms with E-state index in [1.807, 2.05) is 19.9 Å². The summed E-state index contributed by atoms with van der Waals surface area (Å²) >= 11 is 0. The largest absolute Gasteiger partial charge is 0.326 e. The molecule has 84 valence electrons. The molecule has 1 aromatic carbocycles. The van der Waals surface area contributed by atoms with Gasteiger partial charge in [0.1, 0.15) is 5.82 Å². The summed E-state index contributed by atoms with van der Waals surface area (Å²) in [4.78, 5) is 0. The van der Waals surface area contributed by atoms with E-state index in [1.165, 1.54) is 12.1 Å². The van der Waals surface area contributed by atoms with Crippen molar-refractivity contribution < 1.29 is 4.39 Å². The maximum Gasteiger partial charge on any atom is 0.123 e. The van der Waals surface area contributed by atoms with Crippen molar-refractivity contribution in [1.82, 2.24) is 0 Å². The highest BCUT2D eigenvalue weighted by atomic mass is 19.1. The third-order valence-electron chi connectivity index (χ3n) is 2.38. The average Bonchev–Trinajstić information content (AvgIpc) is 2.13. The zero-order valence-electron chi connectivity index (χ0n) is 9.33. The molecule has 0 saturated heterocycles. The van der Waals surface area contributed by atoms with Crippen LogP contribution in [0.4, 0.5) is 4.39 Å². The topological polar surface area (TPSA) is 52.0 Å². The fourth-order valence-corrected chi connectivity index (χ4v) is 1.43. The Hall–Kier alpha value is -0.930. The predicted molar refractivity (Wildman–Crippen MR) is 60.8 cm³/mol. The lowest BCUT2D eigenvalue weighted by Gasteiger charge is -2.21. The summed E-state index contributed by atoms with van der Waals surface area (Å²) in [7, 11) is 0. The van der Waals surface area contributed by atoms with Crippen molar-refractivity contribution in [3.05, 3.63) is 35.6 Å². The minimum Gasteiger partial charge on any atom is -0.326 e. The summed E-state index contributed by atoms with van der Waals surface area (Å²) in [6, 6.07) is 6.29. The highest BCUT2D eigenvalue weighted by molar-refractivity contribution is 5.19. The molecule has 2 nitrogen and oxygen atoms in total. The fraction of sp³-hybridized carbons (Fsp3) is 0.500. The molecule has 1 aromatic rings. The second-order valence-electron chi connectivity index (χ2n) is 4.69. The van der Waals surface area contributed by atoms with Crippen molar-refractivity contribution in [1.29, 1.82) is 0 Å².